The Balaban J connectivity index is 1.78. The molecular weight excluding hydrogens is 304 g/mol. The van der Waals surface area contributed by atoms with Crippen molar-refractivity contribution in [1.29, 1.82) is 0 Å². The summed E-state index contributed by atoms with van der Waals surface area (Å²) in [6, 6.07) is 15.9. The summed E-state index contributed by atoms with van der Waals surface area (Å²) in [5, 5.41) is 0. The van der Waals surface area contributed by atoms with Crippen molar-refractivity contribution in [2.75, 3.05) is 7.11 Å². The fourth-order valence-corrected chi connectivity index (χ4v) is 3.15. The average molecular weight is 322 g/mol. The first-order valence-electron chi connectivity index (χ1n) is 7.89. The average Bonchev–Trinajstić information content (AvgIpc) is 2.61. The van der Waals surface area contributed by atoms with Crippen LogP contribution in [0.2, 0.25) is 0 Å². The highest BCUT2D eigenvalue weighted by Crippen LogP contribution is 2.33. The van der Waals surface area contributed by atoms with Gasteiger partial charge in [0.1, 0.15) is 11.7 Å². The fraction of sp³-hybridized carbons (Fsp3) is 0.250. The van der Waals surface area contributed by atoms with Crippen molar-refractivity contribution in [2.24, 2.45) is 5.92 Å². The van der Waals surface area contributed by atoms with Crippen LogP contribution in [0.3, 0.4) is 0 Å². The number of rotatable bonds is 4. The van der Waals surface area contributed by atoms with Crippen LogP contribution in [0.1, 0.15) is 34.7 Å². The minimum Gasteiger partial charge on any atom is -0.497 e. The van der Waals surface area contributed by atoms with E-state index < -0.39 is 11.7 Å². The third-order valence-electron chi connectivity index (χ3n) is 4.45. The maximum atomic E-state index is 12.5. The molecular formula is C20H18O4. The Morgan fingerprint density at radius 1 is 0.917 bits per heavy atom. The SMILES string of the molecule is COc1ccc(C2CC(=O)C(C(=O)c3ccccc3)C(=O)C2)cc1. The molecule has 3 rings (SSSR count). The van der Waals surface area contributed by atoms with E-state index in [1.807, 2.05) is 24.3 Å². The maximum absolute atomic E-state index is 12.5. The van der Waals surface area contributed by atoms with Gasteiger partial charge in [-0.2, -0.15) is 0 Å². The Kier molecular flexibility index (Phi) is 4.56. The van der Waals surface area contributed by atoms with Gasteiger partial charge in [-0.25, -0.2) is 0 Å². The molecule has 0 spiro atoms. The highest BCUT2D eigenvalue weighted by molar-refractivity contribution is 6.25. The fourth-order valence-electron chi connectivity index (χ4n) is 3.15. The second kappa shape index (κ2) is 6.79. The summed E-state index contributed by atoms with van der Waals surface area (Å²) >= 11 is 0. The topological polar surface area (TPSA) is 60.4 Å². The van der Waals surface area contributed by atoms with Crippen molar-refractivity contribution < 1.29 is 19.1 Å². The van der Waals surface area contributed by atoms with Gasteiger partial charge in [-0.05, 0) is 23.6 Å². The van der Waals surface area contributed by atoms with E-state index >= 15 is 0 Å². The smallest absolute Gasteiger partial charge is 0.180 e. The molecule has 1 aliphatic rings. The lowest BCUT2D eigenvalue weighted by Crippen LogP contribution is -2.38. The van der Waals surface area contributed by atoms with Crippen molar-refractivity contribution >= 4 is 17.3 Å². The van der Waals surface area contributed by atoms with Crippen molar-refractivity contribution in [2.45, 2.75) is 18.8 Å². The van der Waals surface area contributed by atoms with Crippen molar-refractivity contribution in [1.82, 2.24) is 0 Å². The highest BCUT2D eigenvalue weighted by atomic mass is 16.5. The molecule has 0 radical (unpaired) electrons. The number of hydrogen-bond acceptors (Lipinski definition) is 4. The Bertz CT molecular complexity index is 744. The molecule has 0 aliphatic heterocycles. The predicted octanol–water partition coefficient (Wildman–Crippen LogP) is 3.21. The molecule has 2 aromatic rings. The monoisotopic (exact) mass is 322 g/mol. The van der Waals surface area contributed by atoms with Gasteiger partial charge >= 0.3 is 0 Å². The van der Waals surface area contributed by atoms with Crippen LogP contribution < -0.4 is 4.74 Å². The molecule has 0 N–H and O–H groups in total. The molecule has 0 unspecified atom stereocenters. The van der Waals surface area contributed by atoms with Gasteiger partial charge in [0.25, 0.3) is 0 Å². The van der Waals surface area contributed by atoms with Crippen LogP contribution >= 0.6 is 0 Å². The van der Waals surface area contributed by atoms with Crippen LogP contribution in [0, 0.1) is 5.92 Å². The molecule has 0 heterocycles. The summed E-state index contributed by atoms with van der Waals surface area (Å²) in [6.07, 6.45) is 0.419. The van der Waals surface area contributed by atoms with Gasteiger partial charge in [-0.1, -0.05) is 42.5 Å². The zero-order valence-corrected chi connectivity index (χ0v) is 13.4. The lowest BCUT2D eigenvalue weighted by Gasteiger charge is -2.26. The lowest BCUT2D eigenvalue weighted by molar-refractivity contribution is -0.133. The summed E-state index contributed by atoms with van der Waals surface area (Å²) < 4.78 is 5.12. The summed E-state index contributed by atoms with van der Waals surface area (Å²) in [5.41, 5.74) is 1.33. The van der Waals surface area contributed by atoms with Crippen LogP contribution in [-0.2, 0) is 9.59 Å². The number of methoxy groups -OCH3 is 1. The first-order valence-corrected chi connectivity index (χ1v) is 7.89. The summed E-state index contributed by atoms with van der Waals surface area (Å²) in [5.74, 6) is -1.57. The molecule has 0 aromatic heterocycles. The Morgan fingerprint density at radius 2 is 1.50 bits per heavy atom. The van der Waals surface area contributed by atoms with Crippen LogP contribution in [-0.4, -0.2) is 24.5 Å². The Hall–Kier alpha value is -2.75. The van der Waals surface area contributed by atoms with Crippen molar-refractivity contribution in [3.05, 3.63) is 65.7 Å². The third-order valence-corrected chi connectivity index (χ3v) is 4.45. The number of benzene rings is 2. The molecule has 1 fully saturated rings. The van der Waals surface area contributed by atoms with Crippen LogP contribution in [0.5, 0.6) is 5.75 Å². The normalized spacial score (nSPS) is 20.7. The number of hydrogen-bond donors (Lipinski definition) is 0. The minimum atomic E-state index is -1.15. The summed E-state index contributed by atoms with van der Waals surface area (Å²) in [4.78, 5) is 37.4. The molecule has 0 atom stereocenters. The van der Waals surface area contributed by atoms with Crippen LogP contribution in [0.4, 0.5) is 0 Å². The van der Waals surface area contributed by atoms with Crippen LogP contribution in [0.25, 0.3) is 0 Å². The number of ketones is 3. The van der Waals surface area contributed by atoms with E-state index in [0.717, 1.165) is 11.3 Å². The standard InChI is InChI=1S/C20H18O4/c1-24-16-9-7-13(8-10-16)15-11-17(21)19(18(22)12-15)20(23)14-5-3-2-4-6-14/h2-10,15,19H,11-12H2,1H3. The van der Waals surface area contributed by atoms with E-state index in [4.69, 9.17) is 4.74 Å². The molecule has 1 aliphatic carbocycles. The second-order valence-corrected chi connectivity index (χ2v) is 5.97. The quantitative estimate of drug-likeness (QED) is 0.640. The zero-order chi connectivity index (χ0) is 17.1. The van der Waals surface area contributed by atoms with Crippen molar-refractivity contribution in [3.8, 4) is 5.75 Å². The van der Waals surface area contributed by atoms with E-state index in [-0.39, 0.29) is 30.3 Å². The maximum Gasteiger partial charge on any atom is 0.180 e. The zero-order valence-electron chi connectivity index (χ0n) is 13.4. The molecule has 0 bridgehead atoms. The van der Waals surface area contributed by atoms with Gasteiger partial charge in [0.15, 0.2) is 17.3 Å². The van der Waals surface area contributed by atoms with Gasteiger partial charge < -0.3 is 4.74 Å². The van der Waals surface area contributed by atoms with E-state index in [9.17, 15) is 14.4 Å². The number of ether oxygens (including phenoxy) is 1. The Labute approximate surface area is 140 Å². The first kappa shape index (κ1) is 16.1. The molecule has 4 heteroatoms. The van der Waals surface area contributed by atoms with Crippen LogP contribution in [0.15, 0.2) is 54.6 Å². The summed E-state index contributed by atoms with van der Waals surface area (Å²) in [7, 11) is 1.59. The van der Waals surface area contributed by atoms with E-state index in [0.29, 0.717) is 5.56 Å². The molecule has 122 valence electrons. The molecule has 2 aromatic carbocycles. The molecule has 0 saturated heterocycles. The highest BCUT2D eigenvalue weighted by Gasteiger charge is 2.40. The first-order chi connectivity index (χ1) is 11.6. The van der Waals surface area contributed by atoms with Gasteiger partial charge in [-0.15, -0.1) is 0 Å². The van der Waals surface area contributed by atoms with Gasteiger partial charge in [0.2, 0.25) is 0 Å². The predicted molar refractivity (Wildman–Crippen MR) is 89.2 cm³/mol. The third kappa shape index (κ3) is 3.13. The minimum absolute atomic E-state index is 0.171. The van der Waals surface area contributed by atoms with E-state index in [2.05, 4.69) is 0 Å². The largest absolute Gasteiger partial charge is 0.497 e. The molecule has 1 saturated carbocycles. The number of carbonyl (C=O) groups is 3. The summed E-state index contributed by atoms with van der Waals surface area (Å²) in [6.45, 7) is 0. The Morgan fingerprint density at radius 3 is 2.04 bits per heavy atom. The van der Waals surface area contributed by atoms with E-state index in [1.54, 1.807) is 37.4 Å². The lowest BCUT2D eigenvalue weighted by atomic mass is 9.74. The van der Waals surface area contributed by atoms with Gasteiger partial charge in [-0.3, -0.25) is 14.4 Å². The molecule has 4 nitrogen and oxygen atoms in total. The van der Waals surface area contributed by atoms with Crippen molar-refractivity contribution in [3.63, 3.8) is 0 Å². The second-order valence-electron chi connectivity index (χ2n) is 5.97. The van der Waals surface area contributed by atoms with Gasteiger partial charge in [0.05, 0.1) is 7.11 Å². The van der Waals surface area contributed by atoms with E-state index in [1.165, 1.54) is 0 Å². The van der Waals surface area contributed by atoms with Gasteiger partial charge in [0, 0.05) is 18.4 Å². The number of carbonyl (C=O) groups excluding carboxylic acids is 3. The number of Topliss-reactive ketones (excluding diaryl/α,β-unsaturated/α-hetero) is 3. The molecule has 0 amide bonds. The molecule has 24 heavy (non-hydrogen) atoms.